The van der Waals surface area contributed by atoms with Crippen molar-refractivity contribution in [1.29, 1.82) is 10.5 Å². The van der Waals surface area contributed by atoms with Crippen LogP contribution in [0.25, 0.3) is 20.8 Å². The van der Waals surface area contributed by atoms with Crippen molar-refractivity contribution >= 4 is 11.1 Å². The normalized spacial score (nSPS) is 22.7. The Labute approximate surface area is 135 Å². The number of nitrogens with zero attached hydrogens (tertiary/aromatic N) is 4. The number of fused-ring (bicyclic) bond motifs is 1. The molecule has 0 unspecified atom stereocenters. The van der Waals surface area contributed by atoms with Gasteiger partial charge in [0.25, 0.3) is 11.4 Å². The van der Waals surface area contributed by atoms with Crippen LogP contribution in [-0.2, 0) is 0 Å². The maximum atomic E-state index is 9.36. The van der Waals surface area contributed by atoms with Gasteiger partial charge in [-0.1, -0.05) is 37.3 Å². The fraction of sp³-hybridized carbons (Fsp3) is 0.158. The van der Waals surface area contributed by atoms with Crippen LogP contribution in [-0.4, -0.2) is 0 Å². The van der Waals surface area contributed by atoms with Crippen LogP contribution in [0.3, 0.4) is 0 Å². The predicted molar refractivity (Wildman–Crippen MR) is 87.6 cm³/mol. The molecule has 0 saturated heterocycles. The van der Waals surface area contributed by atoms with E-state index < -0.39 is 5.41 Å². The van der Waals surface area contributed by atoms with Crippen molar-refractivity contribution < 1.29 is 0 Å². The molecule has 2 rings (SSSR count). The highest BCUT2D eigenvalue weighted by Gasteiger charge is 2.44. The lowest BCUT2D eigenvalue weighted by Gasteiger charge is -2.28. The van der Waals surface area contributed by atoms with Crippen LogP contribution < -0.4 is 0 Å². The van der Waals surface area contributed by atoms with Gasteiger partial charge in [0.15, 0.2) is 0 Å². The lowest BCUT2D eigenvalue weighted by atomic mass is 9.75. The molecule has 23 heavy (non-hydrogen) atoms. The first-order chi connectivity index (χ1) is 11.1. The monoisotopic (exact) mass is 296 g/mol. The SMILES string of the molecule is [C-]#[N+]/C(C#N)=C1\c2ccccc2/C(=C(/C#N)[N+]#[C-])C1(C)CC=C. The highest BCUT2D eigenvalue weighted by atomic mass is 14.7. The summed E-state index contributed by atoms with van der Waals surface area (Å²) in [5.41, 5.74) is 1.77. The smallest absolute Gasteiger partial charge is 0.226 e. The maximum absolute atomic E-state index is 9.36. The van der Waals surface area contributed by atoms with Crippen molar-refractivity contribution in [3.05, 3.63) is 82.3 Å². The first kappa shape index (κ1) is 15.8. The molecule has 0 heterocycles. The Kier molecular flexibility index (Phi) is 4.14. The second-order valence-electron chi connectivity index (χ2n) is 5.26. The minimum atomic E-state index is -0.795. The van der Waals surface area contributed by atoms with Gasteiger partial charge in [0.2, 0.25) is 0 Å². The summed E-state index contributed by atoms with van der Waals surface area (Å²) in [6, 6.07) is 11.2. The summed E-state index contributed by atoms with van der Waals surface area (Å²) in [6.07, 6.45) is 2.11. The highest BCUT2D eigenvalue weighted by Crippen LogP contribution is 2.58. The fourth-order valence-corrected chi connectivity index (χ4v) is 3.18. The molecule has 0 spiro atoms. The second-order valence-corrected chi connectivity index (χ2v) is 5.26. The van der Waals surface area contributed by atoms with E-state index in [9.17, 15) is 10.5 Å². The third kappa shape index (κ3) is 2.20. The minimum absolute atomic E-state index is 0.0147. The standard InChI is InChI=1S/C19H12N4/c1-5-10-19(2)17(15(11-20)22-3)13-8-6-7-9-14(13)18(19)16(12-21)23-4/h5-9H,1,10H2,2H3/b17-15+,18-16+. The molecule has 108 valence electrons. The molecule has 1 aliphatic rings. The van der Waals surface area contributed by atoms with Crippen LogP contribution in [0.4, 0.5) is 0 Å². The van der Waals surface area contributed by atoms with Crippen molar-refractivity contribution in [2.75, 3.05) is 0 Å². The Morgan fingerprint density at radius 1 is 1.13 bits per heavy atom. The van der Waals surface area contributed by atoms with Crippen LogP contribution in [0.15, 0.2) is 48.3 Å². The molecule has 0 aliphatic heterocycles. The summed E-state index contributed by atoms with van der Waals surface area (Å²) in [6.45, 7) is 20.2. The quantitative estimate of drug-likeness (QED) is 0.455. The zero-order valence-corrected chi connectivity index (χ0v) is 12.6. The van der Waals surface area contributed by atoms with Crippen LogP contribution in [0.5, 0.6) is 0 Å². The van der Waals surface area contributed by atoms with E-state index in [0.717, 1.165) is 11.1 Å². The topological polar surface area (TPSA) is 56.3 Å². The van der Waals surface area contributed by atoms with Crippen molar-refractivity contribution in [2.24, 2.45) is 5.41 Å². The van der Waals surface area contributed by atoms with Crippen molar-refractivity contribution in [3.63, 3.8) is 0 Å². The van der Waals surface area contributed by atoms with Crippen molar-refractivity contribution in [1.82, 2.24) is 0 Å². The first-order valence-electron chi connectivity index (χ1n) is 6.84. The van der Waals surface area contributed by atoms with Gasteiger partial charge in [-0.15, -0.1) is 6.58 Å². The van der Waals surface area contributed by atoms with Crippen LogP contribution >= 0.6 is 0 Å². The molecule has 1 aromatic rings. The lowest BCUT2D eigenvalue weighted by Crippen LogP contribution is -2.16. The zero-order valence-electron chi connectivity index (χ0n) is 12.6. The summed E-state index contributed by atoms with van der Waals surface area (Å²) in [7, 11) is 0. The predicted octanol–water partition coefficient (Wildman–Crippen LogP) is 4.59. The lowest BCUT2D eigenvalue weighted by molar-refractivity contribution is 0.616. The highest BCUT2D eigenvalue weighted by molar-refractivity contribution is 6.02. The van der Waals surface area contributed by atoms with E-state index in [2.05, 4.69) is 16.3 Å². The van der Waals surface area contributed by atoms with Crippen LogP contribution in [0.2, 0.25) is 0 Å². The van der Waals surface area contributed by atoms with E-state index >= 15 is 0 Å². The maximum Gasteiger partial charge on any atom is 0.266 e. The molecule has 4 nitrogen and oxygen atoms in total. The Morgan fingerprint density at radius 3 is 1.87 bits per heavy atom. The largest absolute Gasteiger partial charge is 0.266 e. The average molecular weight is 296 g/mol. The average Bonchev–Trinajstić information content (AvgIpc) is 2.81. The Morgan fingerprint density at radius 2 is 1.57 bits per heavy atom. The Balaban J connectivity index is 3.07. The number of hydrogen-bond acceptors (Lipinski definition) is 2. The molecule has 0 bridgehead atoms. The molecule has 0 fully saturated rings. The van der Waals surface area contributed by atoms with E-state index in [-0.39, 0.29) is 11.4 Å². The van der Waals surface area contributed by atoms with E-state index in [1.165, 1.54) is 0 Å². The van der Waals surface area contributed by atoms with E-state index in [1.54, 1.807) is 6.08 Å². The van der Waals surface area contributed by atoms with E-state index in [4.69, 9.17) is 13.1 Å². The van der Waals surface area contributed by atoms with E-state index in [1.807, 2.05) is 43.3 Å². The Bertz CT molecular complexity index is 817. The molecule has 0 atom stereocenters. The second kappa shape index (κ2) is 6.03. The zero-order chi connectivity index (χ0) is 17.0. The van der Waals surface area contributed by atoms with Crippen molar-refractivity contribution in [2.45, 2.75) is 13.3 Å². The number of nitriles is 2. The van der Waals surface area contributed by atoms with Crippen LogP contribution in [0, 0.1) is 41.2 Å². The third-order valence-electron chi connectivity index (χ3n) is 4.03. The van der Waals surface area contributed by atoms with Gasteiger partial charge in [-0.05, 0) is 28.7 Å². The van der Waals surface area contributed by atoms with Gasteiger partial charge in [0.1, 0.15) is 0 Å². The van der Waals surface area contributed by atoms with E-state index in [0.29, 0.717) is 17.6 Å². The Hall–Kier alpha value is -3.60. The molecular formula is C19H12N4. The number of benzene rings is 1. The van der Waals surface area contributed by atoms with Gasteiger partial charge in [-0.3, -0.25) is 0 Å². The minimum Gasteiger partial charge on any atom is -0.226 e. The summed E-state index contributed by atoms with van der Waals surface area (Å²) >= 11 is 0. The van der Waals surface area contributed by atoms with Gasteiger partial charge in [0.05, 0.1) is 25.3 Å². The molecular weight excluding hydrogens is 284 g/mol. The fourth-order valence-electron chi connectivity index (χ4n) is 3.18. The van der Waals surface area contributed by atoms with Gasteiger partial charge < -0.3 is 0 Å². The van der Waals surface area contributed by atoms with Gasteiger partial charge in [-0.25, -0.2) is 20.2 Å². The summed E-state index contributed by atoms with van der Waals surface area (Å²) in [5, 5.41) is 18.7. The summed E-state index contributed by atoms with van der Waals surface area (Å²) < 4.78 is 0. The molecule has 0 saturated carbocycles. The van der Waals surface area contributed by atoms with Crippen LogP contribution in [0.1, 0.15) is 24.5 Å². The van der Waals surface area contributed by atoms with Gasteiger partial charge in [-0.2, -0.15) is 0 Å². The molecule has 0 radical (unpaired) electrons. The van der Waals surface area contributed by atoms with Crippen molar-refractivity contribution in [3.8, 4) is 12.1 Å². The summed E-state index contributed by atoms with van der Waals surface area (Å²) in [4.78, 5) is 6.72. The molecule has 4 heteroatoms. The number of hydrogen-bond donors (Lipinski definition) is 0. The summed E-state index contributed by atoms with van der Waals surface area (Å²) in [5.74, 6) is 0. The molecule has 0 amide bonds. The molecule has 1 aliphatic carbocycles. The van der Waals surface area contributed by atoms with Gasteiger partial charge >= 0.3 is 0 Å². The molecule has 1 aromatic carbocycles. The first-order valence-corrected chi connectivity index (χ1v) is 6.84. The number of rotatable bonds is 2. The molecule has 0 N–H and O–H groups in total. The third-order valence-corrected chi connectivity index (χ3v) is 4.03. The van der Waals surface area contributed by atoms with Gasteiger partial charge in [0, 0.05) is 5.41 Å². The number of allylic oxidation sites excluding steroid dienone is 5. The molecule has 0 aromatic heterocycles.